The van der Waals surface area contributed by atoms with E-state index in [1.54, 1.807) is 6.92 Å². The van der Waals surface area contributed by atoms with Crippen LogP contribution in [-0.4, -0.2) is 5.55 Å². The van der Waals surface area contributed by atoms with Crippen LogP contribution in [0.25, 0.3) is 0 Å². The predicted molar refractivity (Wildman–Crippen MR) is 40.4 cm³/mol. The molecule has 0 fully saturated rings. The lowest BCUT2D eigenvalue weighted by molar-refractivity contribution is 0.267. The Balaban J connectivity index is 2.77. The van der Waals surface area contributed by atoms with Gasteiger partial charge in [0.25, 0.3) is 0 Å². The number of aryl methyl sites for hydroxylation is 1. The molecule has 0 spiro atoms. The van der Waals surface area contributed by atoms with E-state index in [9.17, 15) is 4.79 Å². The molecule has 0 atom stereocenters. The average Bonchev–Trinajstić information content (AvgIpc) is 2.26. The van der Waals surface area contributed by atoms with Crippen molar-refractivity contribution in [3.8, 4) is 0 Å². The quantitative estimate of drug-likeness (QED) is 0.640. The molecule has 0 N–H and O–H groups in total. The van der Waals surface area contributed by atoms with E-state index in [4.69, 9.17) is 4.74 Å². The lowest BCUT2D eigenvalue weighted by Crippen LogP contribution is -1.90. The number of thiocarbonyl (C=S) groups is 1. The molecular formula is C6H6O4S. The minimum atomic E-state index is -0.717. The summed E-state index contributed by atoms with van der Waals surface area (Å²) in [6.07, 6.45) is 0. The molecule has 0 saturated heterocycles. The van der Waals surface area contributed by atoms with Gasteiger partial charge in [-0.15, -0.1) is 0 Å². The number of ether oxygens (including phenoxy) is 1. The van der Waals surface area contributed by atoms with E-state index in [2.05, 4.69) is 21.1 Å². The van der Waals surface area contributed by atoms with E-state index in [0.717, 1.165) is 5.55 Å². The molecule has 0 amide bonds. The van der Waals surface area contributed by atoms with E-state index in [1.165, 1.54) is 0 Å². The van der Waals surface area contributed by atoms with Crippen molar-refractivity contribution in [1.29, 1.82) is 0 Å². The summed E-state index contributed by atoms with van der Waals surface area (Å²) >= 11 is 4.40. The van der Waals surface area contributed by atoms with Crippen molar-refractivity contribution in [2.75, 3.05) is 0 Å². The molecule has 0 aliphatic heterocycles. The van der Waals surface area contributed by atoms with Crippen LogP contribution in [0.5, 0.6) is 0 Å². The van der Waals surface area contributed by atoms with Crippen LogP contribution in [0.15, 0.2) is 13.6 Å². The zero-order valence-corrected chi connectivity index (χ0v) is 6.64. The van der Waals surface area contributed by atoms with Gasteiger partial charge in [-0.1, -0.05) is 0 Å². The topological polar surface area (TPSA) is 52.6 Å². The molecule has 4 nitrogen and oxygen atoms in total. The van der Waals surface area contributed by atoms with Crippen LogP contribution >= 0.6 is 12.2 Å². The highest BCUT2D eigenvalue weighted by Gasteiger charge is 2.06. The molecule has 60 valence electrons. The lowest BCUT2D eigenvalue weighted by Gasteiger charge is -1.92. The summed E-state index contributed by atoms with van der Waals surface area (Å²) in [6, 6.07) is 0. The molecule has 0 radical (unpaired) electrons. The first-order valence-electron chi connectivity index (χ1n) is 2.88. The summed E-state index contributed by atoms with van der Waals surface area (Å²) in [6.45, 7) is 1.76. The monoisotopic (exact) mass is 174 g/mol. The third kappa shape index (κ3) is 1.91. The highest BCUT2D eigenvalue weighted by Crippen LogP contribution is 2.05. The zero-order chi connectivity index (χ0) is 8.27. The van der Waals surface area contributed by atoms with Gasteiger partial charge in [-0.3, -0.25) is 0 Å². The van der Waals surface area contributed by atoms with E-state index >= 15 is 0 Å². The van der Waals surface area contributed by atoms with Crippen LogP contribution in [0.4, 0.5) is 0 Å². The molecule has 0 saturated carbocycles. The Kier molecular flexibility index (Phi) is 2.43. The van der Waals surface area contributed by atoms with Crippen LogP contribution < -0.4 is 5.82 Å². The van der Waals surface area contributed by atoms with Crippen LogP contribution in [-0.2, 0) is 11.3 Å². The van der Waals surface area contributed by atoms with Crippen LogP contribution in [0.2, 0.25) is 0 Å². The van der Waals surface area contributed by atoms with Crippen LogP contribution in [0.1, 0.15) is 11.5 Å². The smallest absolute Gasteiger partial charge is 0.482 e. The van der Waals surface area contributed by atoms with Gasteiger partial charge in [0.1, 0.15) is 12.2 Å². The van der Waals surface area contributed by atoms with Crippen molar-refractivity contribution in [2.45, 2.75) is 13.5 Å². The molecule has 0 aromatic carbocycles. The zero-order valence-electron chi connectivity index (χ0n) is 5.83. The van der Waals surface area contributed by atoms with Crippen molar-refractivity contribution in [1.82, 2.24) is 0 Å². The Morgan fingerprint density at radius 1 is 1.64 bits per heavy atom. The summed E-state index contributed by atoms with van der Waals surface area (Å²) in [4.78, 5) is 10.4. The van der Waals surface area contributed by atoms with Gasteiger partial charge in [0, 0.05) is 0 Å². The van der Waals surface area contributed by atoms with Crippen LogP contribution in [0, 0.1) is 6.92 Å². The Hall–Kier alpha value is -1.10. The van der Waals surface area contributed by atoms with E-state index in [1.807, 2.05) is 0 Å². The number of hydrogen-bond acceptors (Lipinski definition) is 5. The molecule has 0 aliphatic rings. The summed E-state index contributed by atoms with van der Waals surface area (Å²) in [5, 5.41) is 0. The Morgan fingerprint density at radius 2 is 2.36 bits per heavy atom. The third-order valence-corrected chi connectivity index (χ3v) is 1.25. The van der Waals surface area contributed by atoms with Gasteiger partial charge in [0.15, 0.2) is 11.5 Å². The average molecular weight is 174 g/mol. The van der Waals surface area contributed by atoms with Gasteiger partial charge in [-0.05, 0) is 19.1 Å². The molecule has 0 aliphatic carbocycles. The van der Waals surface area contributed by atoms with Crippen LogP contribution in [0.3, 0.4) is 0 Å². The largest absolute Gasteiger partial charge is 0.519 e. The standard InChI is InChI=1S/C6H6O4S/c1-4-5(2-8-3-11)10-6(7)9-4/h3H,2H2,1H3. The van der Waals surface area contributed by atoms with Crippen molar-refractivity contribution >= 4 is 17.8 Å². The highest BCUT2D eigenvalue weighted by molar-refractivity contribution is 7.78. The molecule has 5 heteroatoms. The minimum absolute atomic E-state index is 0.140. The minimum Gasteiger partial charge on any atom is -0.482 e. The van der Waals surface area contributed by atoms with Gasteiger partial charge < -0.3 is 13.6 Å². The summed E-state index contributed by atoms with van der Waals surface area (Å²) in [5.41, 5.74) is 1.10. The van der Waals surface area contributed by atoms with E-state index < -0.39 is 5.82 Å². The Bertz CT molecular complexity index is 298. The first-order chi connectivity index (χ1) is 5.24. The molecular weight excluding hydrogens is 168 g/mol. The second-order valence-corrected chi connectivity index (χ2v) is 2.03. The normalized spacial score (nSPS) is 9.55. The lowest BCUT2D eigenvalue weighted by atomic mass is 10.4. The predicted octanol–water partition coefficient (Wildman–Crippen LogP) is 1.02. The van der Waals surface area contributed by atoms with E-state index in [0.29, 0.717) is 11.5 Å². The molecule has 0 unspecified atom stereocenters. The summed E-state index contributed by atoms with van der Waals surface area (Å²) < 4.78 is 13.9. The molecule has 1 heterocycles. The summed E-state index contributed by atoms with van der Waals surface area (Å²) in [7, 11) is 0. The van der Waals surface area contributed by atoms with Gasteiger partial charge in [-0.25, -0.2) is 4.79 Å². The van der Waals surface area contributed by atoms with Crippen molar-refractivity contribution in [3.63, 3.8) is 0 Å². The first kappa shape index (κ1) is 8.00. The fourth-order valence-electron chi connectivity index (χ4n) is 0.616. The molecule has 1 aromatic heterocycles. The second-order valence-electron chi connectivity index (χ2n) is 1.84. The molecule has 0 bridgehead atoms. The number of rotatable bonds is 3. The third-order valence-electron chi connectivity index (χ3n) is 1.12. The van der Waals surface area contributed by atoms with E-state index in [-0.39, 0.29) is 6.61 Å². The molecule has 1 rings (SSSR count). The number of hydrogen-bond donors (Lipinski definition) is 0. The van der Waals surface area contributed by atoms with Gasteiger partial charge in [0.2, 0.25) is 0 Å². The van der Waals surface area contributed by atoms with Crippen molar-refractivity contribution < 1.29 is 13.6 Å². The summed E-state index contributed by atoms with van der Waals surface area (Å²) in [5.74, 6) is 0.0772. The van der Waals surface area contributed by atoms with Crippen molar-refractivity contribution in [3.05, 3.63) is 22.1 Å². The Labute approximate surface area is 67.8 Å². The molecule has 11 heavy (non-hydrogen) atoms. The first-order valence-corrected chi connectivity index (χ1v) is 3.36. The SMILES string of the molecule is Cc1oc(=O)oc1COC=S. The van der Waals surface area contributed by atoms with Gasteiger partial charge in [0.05, 0.1) is 0 Å². The fourth-order valence-corrected chi connectivity index (χ4v) is 0.684. The maximum atomic E-state index is 10.4. The fraction of sp³-hybridized carbons (Fsp3) is 0.333. The van der Waals surface area contributed by atoms with Gasteiger partial charge >= 0.3 is 5.82 Å². The maximum absolute atomic E-state index is 10.4. The Morgan fingerprint density at radius 3 is 2.82 bits per heavy atom. The maximum Gasteiger partial charge on any atom is 0.519 e. The highest BCUT2D eigenvalue weighted by atomic mass is 32.1. The molecule has 1 aromatic rings. The van der Waals surface area contributed by atoms with Gasteiger partial charge in [-0.2, -0.15) is 0 Å². The van der Waals surface area contributed by atoms with Crippen molar-refractivity contribution in [2.24, 2.45) is 0 Å². The second kappa shape index (κ2) is 3.34.